The summed E-state index contributed by atoms with van der Waals surface area (Å²) in [6, 6.07) is 11.4. The van der Waals surface area contributed by atoms with Gasteiger partial charge in [0, 0.05) is 19.0 Å². The number of rotatable bonds is 5. The molecule has 2 saturated heterocycles. The van der Waals surface area contributed by atoms with Crippen LogP contribution in [0.5, 0.6) is 11.5 Å². The van der Waals surface area contributed by atoms with Crippen LogP contribution in [0, 0.1) is 16.7 Å². The van der Waals surface area contributed by atoms with Gasteiger partial charge in [-0.15, -0.1) is 0 Å². The number of anilines is 1. The Hall–Kier alpha value is -4.86. The highest BCUT2D eigenvalue weighted by Crippen LogP contribution is 2.40. The fourth-order valence-corrected chi connectivity index (χ4v) is 5.74. The van der Waals surface area contributed by atoms with Gasteiger partial charge in [0.2, 0.25) is 17.4 Å². The number of aromatic nitrogens is 1. The van der Waals surface area contributed by atoms with Crippen molar-refractivity contribution < 1.29 is 33.4 Å². The molecule has 3 aliphatic heterocycles. The zero-order valence-electron chi connectivity index (χ0n) is 24.4. The number of fused-ring (bicyclic) bond motifs is 1. The number of methoxy groups -OCH3 is 1. The van der Waals surface area contributed by atoms with Gasteiger partial charge < -0.3 is 34.6 Å². The normalized spacial score (nSPS) is 25.2. The first kappa shape index (κ1) is 29.6. The van der Waals surface area contributed by atoms with Gasteiger partial charge >= 0.3 is 6.09 Å². The molecule has 13 heteroatoms. The predicted molar refractivity (Wildman–Crippen MR) is 152 cm³/mol. The van der Waals surface area contributed by atoms with E-state index in [1.54, 1.807) is 45.0 Å². The molecule has 0 bridgehead atoms. The minimum absolute atomic E-state index is 0.0610. The Labute approximate surface area is 249 Å². The average molecular weight is 591 g/mol. The Morgan fingerprint density at radius 3 is 2.60 bits per heavy atom. The first-order valence-electron chi connectivity index (χ1n) is 14.0. The Morgan fingerprint density at radius 2 is 1.93 bits per heavy atom. The van der Waals surface area contributed by atoms with Crippen LogP contribution in [0.1, 0.15) is 33.6 Å². The van der Waals surface area contributed by atoms with Crippen LogP contribution in [0.2, 0.25) is 0 Å². The molecule has 3 aliphatic rings. The van der Waals surface area contributed by atoms with E-state index in [9.17, 15) is 24.4 Å². The maximum atomic E-state index is 14.3. The highest BCUT2D eigenvalue weighted by atomic mass is 16.5. The summed E-state index contributed by atoms with van der Waals surface area (Å²) < 4.78 is 17.0. The first-order valence-corrected chi connectivity index (χ1v) is 14.0. The van der Waals surface area contributed by atoms with Gasteiger partial charge in [-0.05, 0) is 29.7 Å². The minimum Gasteiger partial charge on any atom is -0.488 e. The standard InChI is InChI=1S/C30H34N6O7/c1-29(2,3)23(33-28(40)41-4)26(38)35-16-20(42-19-9-6-5-7-10-19)13-21(35)25(37)36-17-30(14-18(36)15-31)27(39)34-24-22(43-30)11-8-12-32-24/h5-12,18,20-21,23H,13-14,16-17H2,1-4H3,(H,33,40)(H,32,34,39). The van der Waals surface area contributed by atoms with Crippen molar-refractivity contribution in [1.29, 1.82) is 5.26 Å². The summed E-state index contributed by atoms with van der Waals surface area (Å²) in [5.74, 6) is -0.351. The lowest BCUT2D eigenvalue weighted by Gasteiger charge is -2.36. The van der Waals surface area contributed by atoms with Crippen LogP contribution >= 0.6 is 0 Å². The lowest BCUT2D eigenvalue weighted by molar-refractivity contribution is -0.147. The van der Waals surface area contributed by atoms with Crippen LogP contribution in [0.3, 0.4) is 0 Å². The number of nitriles is 1. The van der Waals surface area contributed by atoms with Crippen molar-refractivity contribution in [2.24, 2.45) is 5.41 Å². The molecule has 0 saturated carbocycles. The number of amides is 4. The number of nitrogens with one attached hydrogen (secondary N) is 2. The summed E-state index contributed by atoms with van der Waals surface area (Å²) in [6.45, 7) is 5.23. The zero-order chi connectivity index (χ0) is 30.9. The Bertz CT molecular complexity index is 1450. The highest BCUT2D eigenvalue weighted by molar-refractivity contribution is 6.01. The number of carbonyl (C=O) groups excluding carboxylic acids is 4. The van der Waals surface area contributed by atoms with Gasteiger partial charge in [0.05, 0.1) is 26.3 Å². The summed E-state index contributed by atoms with van der Waals surface area (Å²) in [6.07, 6.45) is 0.254. The first-order chi connectivity index (χ1) is 20.5. The van der Waals surface area contributed by atoms with Gasteiger partial charge in [-0.25, -0.2) is 9.78 Å². The van der Waals surface area contributed by atoms with Gasteiger partial charge in [-0.3, -0.25) is 14.4 Å². The summed E-state index contributed by atoms with van der Waals surface area (Å²) in [4.78, 5) is 60.6. The monoisotopic (exact) mass is 590 g/mol. The molecular weight excluding hydrogens is 556 g/mol. The second-order valence-electron chi connectivity index (χ2n) is 11.9. The maximum Gasteiger partial charge on any atom is 0.407 e. The molecule has 226 valence electrons. The number of alkyl carbamates (subject to hydrolysis) is 1. The fourth-order valence-electron chi connectivity index (χ4n) is 5.74. The number of benzene rings is 1. The van der Waals surface area contributed by atoms with Crippen molar-refractivity contribution >= 4 is 29.6 Å². The van der Waals surface area contributed by atoms with Gasteiger partial charge in [-0.1, -0.05) is 39.0 Å². The highest BCUT2D eigenvalue weighted by Gasteiger charge is 2.57. The molecule has 5 rings (SSSR count). The number of para-hydroxylation sites is 1. The number of carbonyl (C=O) groups is 4. The third-order valence-electron chi connectivity index (χ3n) is 7.92. The summed E-state index contributed by atoms with van der Waals surface area (Å²) in [5.41, 5.74) is -2.24. The van der Waals surface area contributed by atoms with E-state index < -0.39 is 59.1 Å². The molecule has 1 spiro atoms. The molecule has 5 unspecified atom stereocenters. The van der Waals surface area contributed by atoms with Crippen LogP contribution in [0.4, 0.5) is 10.6 Å². The number of ether oxygens (including phenoxy) is 3. The van der Waals surface area contributed by atoms with Crippen molar-refractivity contribution in [3.8, 4) is 17.6 Å². The van der Waals surface area contributed by atoms with Crippen molar-refractivity contribution in [3.63, 3.8) is 0 Å². The summed E-state index contributed by atoms with van der Waals surface area (Å²) in [7, 11) is 1.20. The SMILES string of the molecule is COC(=O)NC(C(=O)N1CC(Oc2ccccc2)CC1C(=O)N1CC2(CC1C#N)Oc1cccnc1NC2=O)C(C)(C)C. The zero-order valence-corrected chi connectivity index (χ0v) is 24.4. The third-order valence-corrected chi connectivity index (χ3v) is 7.92. The van der Waals surface area contributed by atoms with Gasteiger partial charge in [0.25, 0.3) is 5.91 Å². The van der Waals surface area contributed by atoms with Crippen molar-refractivity contribution in [3.05, 3.63) is 48.7 Å². The van der Waals surface area contributed by atoms with Crippen LogP contribution in [0.15, 0.2) is 48.7 Å². The number of pyridine rings is 1. The van der Waals surface area contributed by atoms with E-state index in [1.165, 1.54) is 23.1 Å². The van der Waals surface area contributed by atoms with Gasteiger partial charge in [0.15, 0.2) is 11.6 Å². The lowest BCUT2D eigenvalue weighted by Crippen LogP contribution is -2.59. The van der Waals surface area contributed by atoms with Crippen LogP contribution in [0.25, 0.3) is 0 Å². The molecule has 4 amide bonds. The average Bonchev–Trinajstić information content (AvgIpc) is 3.58. The Kier molecular flexibility index (Phi) is 7.88. The molecule has 13 nitrogen and oxygen atoms in total. The summed E-state index contributed by atoms with van der Waals surface area (Å²) >= 11 is 0. The smallest absolute Gasteiger partial charge is 0.407 e. The lowest BCUT2D eigenvalue weighted by atomic mass is 9.85. The molecule has 4 heterocycles. The third kappa shape index (κ3) is 5.77. The van der Waals surface area contributed by atoms with Crippen LogP contribution in [-0.2, 0) is 19.1 Å². The summed E-state index contributed by atoms with van der Waals surface area (Å²) in [5, 5.41) is 15.4. The Balaban J connectivity index is 1.44. The minimum atomic E-state index is -1.50. The maximum absolute atomic E-state index is 14.3. The van der Waals surface area contributed by atoms with E-state index in [2.05, 4.69) is 21.7 Å². The molecule has 0 radical (unpaired) electrons. The van der Waals surface area contributed by atoms with Gasteiger partial charge in [0.1, 0.15) is 30.0 Å². The van der Waals surface area contributed by atoms with Crippen molar-refractivity contribution in [1.82, 2.24) is 20.1 Å². The largest absolute Gasteiger partial charge is 0.488 e. The molecule has 1 aromatic carbocycles. The second-order valence-corrected chi connectivity index (χ2v) is 11.9. The van der Waals surface area contributed by atoms with Crippen LogP contribution < -0.4 is 20.1 Å². The van der Waals surface area contributed by atoms with E-state index >= 15 is 0 Å². The molecular formula is C30H34N6O7. The fraction of sp³-hybridized carbons (Fsp3) is 0.467. The molecule has 5 atom stereocenters. The van der Waals surface area contributed by atoms with Crippen LogP contribution in [-0.4, -0.2) is 88.6 Å². The van der Waals surface area contributed by atoms with E-state index in [4.69, 9.17) is 14.2 Å². The number of likely N-dealkylation sites (tertiary alicyclic amines) is 2. The van der Waals surface area contributed by atoms with Crippen molar-refractivity contribution in [2.75, 3.05) is 25.5 Å². The molecule has 2 fully saturated rings. The molecule has 2 N–H and O–H groups in total. The van der Waals surface area contributed by atoms with E-state index in [0.29, 0.717) is 11.5 Å². The quantitative estimate of drug-likeness (QED) is 0.531. The number of nitrogens with zero attached hydrogens (tertiary/aromatic N) is 4. The molecule has 2 aromatic rings. The Morgan fingerprint density at radius 1 is 1.19 bits per heavy atom. The van der Waals surface area contributed by atoms with E-state index in [-0.39, 0.29) is 31.7 Å². The topological polar surface area (TPSA) is 163 Å². The predicted octanol–water partition coefficient (Wildman–Crippen LogP) is 2.09. The molecule has 43 heavy (non-hydrogen) atoms. The van der Waals surface area contributed by atoms with E-state index in [0.717, 1.165) is 0 Å². The van der Waals surface area contributed by atoms with Crippen molar-refractivity contribution in [2.45, 2.75) is 63.4 Å². The second kappa shape index (κ2) is 11.4. The number of hydrogen-bond donors (Lipinski definition) is 2. The number of hydrogen-bond acceptors (Lipinski definition) is 9. The van der Waals surface area contributed by atoms with Gasteiger partial charge in [-0.2, -0.15) is 5.26 Å². The molecule has 1 aromatic heterocycles. The van der Waals surface area contributed by atoms with E-state index in [1.807, 2.05) is 18.2 Å². The molecule has 0 aliphatic carbocycles.